The summed E-state index contributed by atoms with van der Waals surface area (Å²) in [4.78, 5) is 24.5. The molecule has 1 N–H and O–H groups in total. The zero-order chi connectivity index (χ0) is 26.7. The second-order valence-corrected chi connectivity index (χ2v) is 11.4. The van der Waals surface area contributed by atoms with Crippen molar-refractivity contribution in [3.05, 3.63) is 42.1 Å². The predicted octanol–water partition coefficient (Wildman–Crippen LogP) is 4.08. The van der Waals surface area contributed by atoms with E-state index in [1.165, 1.54) is 4.90 Å². The predicted molar refractivity (Wildman–Crippen MR) is 139 cm³/mol. The first-order valence-electron chi connectivity index (χ1n) is 13.8. The molecule has 1 amide bonds. The molecule has 4 bridgehead atoms. The molecule has 2 aromatic rings. The summed E-state index contributed by atoms with van der Waals surface area (Å²) in [5.41, 5.74) is 3.51. The van der Waals surface area contributed by atoms with Gasteiger partial charge < -0.3 is 24.6 Å². The number of hydrogen-bond acceptors (Lipinski definition) is 7. The molecule has 0 saturated carbocycles. The molecule has 5 saturated heterocycles. The third-order valence-corrected chi connectivity index (χ3v) is 8.91. The minimum Gasteiger partial charge on any atom is -0.378 e. The first-order chi connectivity index (χ1) is 18.8. The number of halogens is 3. The minimum atomic E-state index is -4.29. The molecule has 6 aliphatic rings. The van der Waals surface area contributed by atoms with Crippen molar-refractivity contribution in [3.63, 3.8) is 0 Å². The van der Waals surface area contributed by atoms with Gasteiger partial charge in [-0.1, -0.05) is 6.07 Å². The lowest BCUT2D eigenvalue weighted by molar-refractivity contribution is -0.184. The third kappa shape index (κ3) is 4.74. The number of carbonyl (C=O) groups excluding carboxylic acids is 1. The van der Waals surface area contributed by atoms with E-state index in [0.29, 0.717) is 37.9 Å². The molecule has 8 nitrogen and oxygen atoms in total. The summed E-state index contributed by atoms with van der Waals surface area (Å²) < 4.78 is 51.5. The zero-order valence-corrected chi connectivity index (χ0v) is 21.6. The van der Waals surface area contributed by atoms with Crippen molar-refractivity contribution in [2.24, 2.45) is 5.92 Å². The van der Waals surface area contributed by atoms with E-state index in [9.17, 15) is 18.0 Å². The molecule has 8 rings (SSSR count). The number of anilines is 4. The Hall–Kier alpha value is -2.89. The van der Waals surface area contributed by atoms with Crippen molar-refractivity contribution in [2.75, 3.05) is 48.0 Å². The van der Waals surface area contributed by atoms with Gasteiger partial charge in [-0.3, -0.25) is 9.69 Å². The van der Waals surface area contributed by atoms with Gasteiger partial charge in [-0.25, -0.2) is 4.98 Å². The van der Waals surface area contributed by atoms with Crippen molar-refractivity contribution in [2.45, 2.75) is 62.6 Å². The number of ether oxygens (including phenoxy) is 2. The van der Waals surface area contributed by atoms with Gasteiger partial charge in [0, 0.05) is 42.0 Å². The van der Waals surface area contributed by atoms with Gasteiger partial charge in [0.15, 0.2) is 0 Å². The number of pyridine rings is 1. The molecular formula is C28H32F3N5O3. The van der Waals surface area contributed by atoms with E-state index in [0.717, 1.165) is 42.0 Å². The SMILES string of the molecule is O=C(C1C[C@H]2COC[C@H](C1)N2CC(F)(F)F)N1Cc2cccnc2Nc2ccc(N3CC4CCC3CO4)cc21. The molecule has 0 aliphatic carbocycles. The highest BCUT2D eigenvalue weighted by Gasteiger charge is 2.47. The Morgan fingerprint density at radius 1 is 1.08 bits per heavy atom. The maximum absolute atomic E-state index is 14.3. The van der Waals surface area contributed by atoms with Crippen LogP contribution < -0.4 is 15.1 Å². The number of aromatic nitrogens is 1. The number of morpholine rings is 2. The summed E-state index contributed by atoms with van der Waals surface area (Å²) in [5.74, 6) is 0.263. The fourth-order valence-electron chi connectivity index (χ4n) is 7.03. The largest absolute Gasteiger partial charge is 0.401 e. The minimum absolute atomic E-state index is 0.0565. The van der Waals surface area contributed by atoms with E-state index in [-0.39, 0.29) is 31.1 Å². The van der Waals surface area contributed by atoms with Crippen LogP contribution in [0.25, 0.3) is 0 Å². The highest BCUT2D eigenvalue weighted by molar-refractivity contribution is 6.00. The van der Waals surface area contributed by atoms with Crippen molar-refractivity contribution < 1.29 is 27.4 Å². The molecule has 0 radical (unpaired) electrons. The number of hydrogen-bond donors (Lipinski definition) is 1. The molecule has 5 fully saturated rings. The molecule has 6 aliphatic heterocycles. The fourth-order valence-corrected chi connectivity index (χ4v) is 7.03. The van der Waals surface area contributed by atoms with Crippen LogP contribution >= 0.6 is 0 Å². The third-order valence-electron chi connectivity index (χ3n) is 8.91. The summed E-state index contributed by atoms with van der Waals surface area (Å²) in [7, 11) is 0. The fraction of sp³-hybridized carbons (Fsp3) is 0.571. The van der Waals surface area contributed by atoms with Gasteiger partial charge in [-0.15, -0.1) is 0 Å². The molecule has 208 valence electrons. The lowest BCUT2D eigenvalue weighted by atomic mass is 9.83. The van der Waals surface area contributed by atoms with E-state index in [1.807, 2.05) is 23.1 Å². The number of carbonyl (C=O) groups is 1. The molecule has 2 unspecified atom stereocenters. The van der Waals surface area contributed by atoms with E-state index in [4.69, 9.17) is 9.47 Å². The van der Waals surface area contributed by atoms with Crippen molar-refractivity contribution in [1.82, 2.24) is 9.88 Å². The standard InChI is InChI=1S/C28H32F3N5O3/c29-28(30,31)16-36-21-8-18(9-22(36)14-38-13-21)27(37)35-11-17-2-1-7-32-26(17)33-24-6-4-19(10-25(24)35)34-12-23-5-3-20(34)15-39-23/h1-2,4,6-7,10,18,20-23H,3,5,8-9,11-16H2,(H,32,33)/t20?,21-,22-,23?/m0/s1. The van der Waals surface area contributed by atoms with Crippen LogP contribution in [0.1, 0.15) is 31.2 Å². The average molecular weight is 544 g/mol. The second-order valence-electron chi connectivity index (χ2n) is 11.4. The summed E-state index contributed by atoms with van der Waals surface area (Å²) in [6, 6.07) is 9.43. The number of amides is 1. The Balaban J connectivity index is 1.21. The molecule has 4 atom stereocenters. The average Bonchev–Trinajstić information content (AvgIpc) is 3.08. The highest BCUT2D eigenvalue weighted by Crippen LogP contribution is 2.42. The lowest BCUT2D eigenvalue weighted by Crippen LogP contribution is -2.60. The van der Waals surface area contributed by atoms with Crippen LogP contribution in [0.2, 0.25) is 0 Å². The Bertz CT molecular complexity index is 1240. The first kappa shape index (κ1) is 25.1. The Labute approximate surface area is 225 Å². The number of nitrogens with zero attached hydrogens (tertiary/aromatic N) is 4. The van der Waals surface area contributed by atoms with Gasteiger partial charge in [0.25, 0.3) is 0 Å². The van der Waals surface area contributed by atoms with Gasteiger partial charge in [0.1, 0.15) is 5.82 Å². The molecule has 11 heteroatoms. The quantitative estimate of drug-likeness (QED) is 0.626. The highest BCUT2D eigenvalue weighted by atomic mass is 19.4. The number of nitrogens with one attached hydrogen (secondary N) is 1. The van der Waals surface area contributed by atoms with Gasteiger partial charge in [0.05, 0.1) is 56.4 Å². The van der Waals surface area contributed by atoms with Gasteiger partial charge in [0.2, 0.25) is 5.91 Å². The molecular weight excluding hydrogens is 511 g/mol. The number of alkyl halides is 3. The molecule has 1 aromatic carbocycles. The van der Waals surface area contributed by atoms with Crippen LogP contribution in [0, 0.1) is 5.92 Å². The molecule has 7 heterocycles. The van der Waals surface area contributed by atoms with E-state index >= 15 is 0 Å². The number of rotatable bonds is 3. The van der Waals surface area contributed by atoms with Crippen LogP contribution in [0.15, 0.2) is 36.5 Å². The normalized spacial score (nSPS) is 30.3. The zero-order valence-electron chi connectivity index (χ0n) is 21.6. The second kappa shape index (κ2) is 9.64. The van der Waals surface area contributed by atoms with Crippen LogP contribution in [0.3, 0.4) is 0 Å². The number of fused-ring (bicyclic) bond motifs is 7. The molecule has 0 spiro atoms. The topological polar surface area (TPSA) is 70.2 Å². The first-order valence-corrected chi connectivity index (χ1v) is 13.8. The van der Waals surface area contributed by atoms with Crippen molar-refractivity contribution in [1.29, 1.82) is 0 Å². The van der Waals surface area contributed by atoms with Crippen molar-refractivity contribution >= 4 is 28.8 Å². The van der Waals surface area contributed by atoms with Crippen LogP contribution in [0.5, 0.6) is 0 Å². The Morgan fingerprint density at radius 3 is 2.59 bits per heavy atom. The Morgan fingerprint density at radius 2 is 1.90 bits per heavy atom. The van der Waals surface area contributed by atoms with E-state index < -0.39 is 24.8 Å². The summed E-state index contributed by atoms with van der Waals surface area (Å²) in [6.45, 7) is 1.34. The van der Waals surface area contributed by atoms with Crippen molar-refractivity contribution in [3.8, 4) is 0 Å². The number of piperidine rings is 2. The lowest BCUT2D eigenvalue weighted by Gasteiger charge is -2.48. The van der Waals surface area contributed by atoms with Crippen LogP contribution in [-0.4, -0.2) is 79.1 Å². The maximum atomic E-state index is 14.3. The van der Waals surface area contributed by atoms with Gasteiger partial charge in [-0.05, 0) is 49.9 Å². The summed E-state index contributed by atoms with van der Waals surface area (Å²) in [6.07, 6.45) is 0.500. The molecule has 39 heavy (non-hydrogen) atoms. The number of benzene rings is 1. The van der Waals surface area contributed by atoms with Gasteiger partial charge >= 0.3 is 6.18 Å². The van der Waals surface area contributed by atoms with E-state index in [1.54, 1.807) is 6.20 Å². The maximum Gasteiger partial charge on any atom is 0.401 e. The monoisotopic (exact) mass is 543 g/mol. The smallest absolute Gasteiger partial charge is 0.378 e. The summed E-state index contributed by atoms with van der Waals surface area (Å²) in [5, 5.41) is 3.43. The molecule has 1 aromatic heterocycles. The van der Waals surface area contributed by atoms with Crippen LogP contribution in [-0.2, 0) is 20.8 Å². The van der Waals surface area contributed by atoms with Gasteiger partial charge in [-0.2, -0.15) is 13.2 Å². The summed E-state index contributed by atoms with van der Waals surface area (Å²) >= 11 is 0. The van der Waals surface area contributed by atoms with E-state index in [2.05, 4.69) is 27.3 Å². The van der Waals surface area contributed by atoms with Crippen LogP contribution in [0.4, 0.5) is 36.1 Å². The Kier molecular flexibility index (Phi) is 6.20.